The molecule has 1 N–H and O–H groups in total. The number of carbonyl (C=O) groups excluding carboxylic acids is 1. The summed E-state index contributed by atoms with van der Waals surface area (Å²) in [7, 11) is 0. The Morgan fingerprint density at radius 2 is 2.22 bits per heavy atom. The van der Waals surface area contributed by atoms with E-state index in [0.717, 1.165) is 12.8 Å². The van der Waals surface area contributed by atoms with Crippen LogP contribution in [0.25, 0.3) is 0 Å². The molecule has 0 spiro atoms. The summed E-state index contributed by atoms with van der Waals surface area (Å²) in [6.45, 7) is 5.00. The first-order chi connectivity index (χ1) is 8.67. The lowest BCUT2D eigenvalue weighted by Gasteiger charge is -2.14. The van der Waals surface area contributed by atoms with Crippen molar-refractivity contribution in [3.8, 4) is 0 Å². The SMILES string of the molecule is CCCCC(CC)CNC(=O)c1cncc(Cl)n1. The highest BCUT2D eigenvalue weighted by atomic mass is 35.5. The van der Waals surface area contributed by atoms with E-state index in [1.54, 1.807) is 0 Å². The Morgan fingerprint density at radius 3 is 2.83 bits per heavy atom. The number of amides is 1. The van der Waals surface area contributed by atoms with Crippen molar-refractivity contribution in [1.29, 1.82) is 0 Å². The number of hydrogen-bond acceptors (Lipinski definition) is 3. The van der Waals surface area contributed by atoms with Crippen LogP contribution in [0.5, 0.6) is 0 Å². The van der Waals surface area contributed by atoms with E-state index in [9.17, 15) is 4.79 Å². The zero-order valence-electron chi connectivity index (χ0n) is 10.9. The fourth-order valence-corrected chi connectivity index (χ4v) is 1.87. The molecule has 0 bridgehead atoms. The molecule has 18 heavy (non-hydrogen) atoms. The quantitative estimate of drug-likeness (QED) is 0.828. The molecule has 0 aliphatic carbocycles. The highest BCUT2D eigenvalue weighted by Crippen LogP contribution is 2.11. The van der Waals surface area contributed by atoms with Gasteiger partial charge in [0.1, 0.15) is 10.8 Å². The standard InChI is InChI=1S/C13H20ClN3O/c1-3-5-6-10(4-2)7-16-13(18)11-8-15-9-12(14)17-11/h8-10H,3-7H2,1-2H3,(H,16,18). The Morgan fingerprint density at radius 1 is 1.44 bits per heavy atom. The normalized spacial score (nSPS) is 12.2. The summed E-state index contributed by atoms with van der Waals surface area (Å²) < 4.78 is 0. The van der Waals surface area contributed by atoms with Gasteiger partial charge in [0.25, 0.3) is 5.91 Å². The number of rotatable bonds is 7. The van der Waals surface area contributed by atoms with Gasteiger partial charge >= 0.3 is 0 Å². The molecular formula is C13H20ClN3O. The van der Waals surface area contributed by atoms with Crippen molar-refractivity contribution in [1.82, 2.24) is 15.3 Å². The molecule has 4 nitrogen and oxygen atoms in total. The van der Waals surface area contributed by atoms with Crippen LogP contribution in [0.4, 0.5) is 0 Å². The Labute approximate surface area is 113 Å². The fourth-order valence-electron chi connectivity index (χ4n) is 1.72. The van der Waals surface area contributed by atoms with Gasteiger partial charge < -0.3 is 5.32 Å². The first kappa shape index (κ1) is 14.9. The van der Waals surface area contributed by atoms with Crippen LogP contribution in [0.15, 0.2) is 12.4 Å². The van der Waals surface area contributed by atoms with Crippen molar-refractivity contribution in [2.24, 2.45) is 5.92 Å². The number of carbonyl (C=O) groups is 1. The van der Waals surface area contributed by atoms with Crippen molar-refractivity contribution in [3.05, 3.63) is 23.2 Å². The molecule has 0 radical (unpaired) electrons. The van der Waals surface area contributed by atoms with Crippen LogP contribution in [0.1, 0.15) is 50.0 Å². The second-order valence-corrected chi connectivity index (χ2v) is 4.74. The van der Waals surface area contributed by atoms with Gasteiger partial charge in [-0.15, -0.1) is 0 Å². The van der Waals surface area contributed by atoms with E-state index < -0.39 is 0 Å². The topological polar surface area (TPSA) is 54.9 Å². The number of aromatic nitrogens is 2. The summed E-state index contributed by atoms with van der Waals surface area (Å²) in [5, 5.41) is 3.12. The number of nitrogens with one attached hydrogen (secondary N) is 1. The molecule has 0 aliphatic heterocycles. The van der Waals surface area contributed by atoms with Crippen LogP contribution in [-0.2, 0) is 0 Å². The van der Waals surface area contributed by atoms with Gasteiger partial charge in [-0.2, -0.15) is 0 Å². The van der Waals surface area contributed by atoms with Crippen LogP contribution in [0, 0.1) is 5.92 Å². The lowest BCUT2D eigenvalue weighted by atomic mass is 9.99. The van der Waals surface area contributed by atoms with E-state index in [1.807, 2.05) is 0 Å². The van der Waals surface area contributed by atoms with E-state index in [1.165, 1.54) is 25.2 Å². The van der Waals surface area contributed by atoms with Crippen LogP contribution in [0.3, 0.4) is 0 Å². The highest BCUT2D eigenvalue weighted by molar-refractivity contribution is 6.29. The molecule has 1 aromatic heterocycles. The zero-order chi connectivity index (χ0) is 13.4. The molecule has 1 rings (SSSR count). The van der Waals surface area contributed by atoms with Crippen molar-refractivity contribution >= 4 is 17.5 Å². The smallest absolute Gasteiger partial charge is 0.271 e. The molecule has 1 unspecified atom stereocenters. The third kappa shape index (κ3) is 5.00. The Balaban J connectivity index is 2.44. The average molecular weight is 270 g/mol. The Bertz CT molecular complexity index is 384. The van der Waals surface area contributed by atoms with Gasteiger partial charge in [-0.25, -0.2) is 4.98 Å². The maximum atomic E-state index is 11.8. The molecule has 5 heteroatoms. The number of hydrogen-bond donors (Lipinski definition) is 1. The van der Waals surface area contributed by atoms with Crippen molar-refractivity contribution in [2.45, 2.75) is 39.5 Å². The molecular weight excluding hydrogens is 250 g/mol. The summed E-state index contributed by atoms with van der Waals surface area (Å²) in [6, 6.07) is 0. The van der Waals surface area contributed by atoms with Crippen molar-refractivity contribution in [2.75, 3.05) is 6.54 Å². The van der Waals surface area contributed by atoms with E-state index in [0.29, 0.717) is 12.5 Å². The van der Waals surface area contributed by atoms with E-state index in [2.05, 4.69) is 29.1 Å². The molecule has 1 amide bonds. The van der Waals surface area contributed by atoms with Gasteiger partial charge in [-0.1, -0.05) is 44.7 Å². The minimum atomic E-state index is -0.208. The Hall–Kier alpha value is -1.16. The van der Waals surface area contributed by atoms with Crippen molar-refractivity contribution in [3.63, 3.8) is 0 Å². The molecule has 0 aromatic carbocycles. The summed E-state index contributed by atoms with van der Waals surface area (Å²) >= 11 is 5.69. The van der Waals surface area contributed by atoms with Gasteiger partial charge in [0, 0.05) is 6.54 Å². The van der Waals surface area contributed by atoms with E-state index in [-0.39, 0.29) is 16.8 Å². The zero-order valence-corrected chi connectivity index (χ0v) is 11.7. The van der Waals surface area contributed by atoms with Gasteiger partial charge in [-0.3, -0.25) is 9.78 Å². The van der Waals surface area contributed by atoms with Crippen LogP contribution < -0.4 is 5.32 Å². The van der Waals surface area contributed by atoms with Crippen molar-refractivity contribution < 1.29 is 4.79 Å². The number of nitrogens with zero attached hydrogens (tertiary/aromatic N) is 2. The van der Waals surface area contributed by atoms with Gasteiger partial charge in [0.2, 0.25) is 0 Å². The number of halogens is 1. The third-order valence-corrected chi connectivity index (χ3v) is 3.11. The van der Waals surface area contributed by atoms with Crippen LogP contribution in [0.2, 0.25) is 5.15 Å². The predicted molar refractivity (Wildman–Crippen MR) is 72.7 cm³/mol. The third-order valence-electron chi connectivity index (χ3n) is 2.93. The Kier molecular flexibility index (Phi) is 6.65. The molecule has 0 saturated carbocycles. The predicted octanol–water partition coefficient (Wildman–Crippen LogP) is 3.08. The van der Waals surface area contributed by atoms with E-state index in [4.69, 9.17) is 11.6 Å². The lowest BCUT2D eigenvalue weighted by molar-refractivity contribution is 0.0940. The molecule has 100 valence electrons. The molecule has 1 atom stereocenters. The summed E-state index contributed by atoms with van der Waals surface area (Å²) in [6.07, 6.45) is 7.44. The maximum absolute atomic E-state index is 11.8. The van der Waals surface area contributed by atoms with Crippen LogP contribution in [-0.4, -0.2) is 22.4 Å². The van der Waals surface area contributed by atoms with E-state index >= 15 is 0 Å². The fraction of sp³-hybridized carbons (Fsp3) is 0.615. The van der Waals surface area contributed by atoms with Crippen LogP contribution >= 0.6 is 11.6 Å². The summed E-state index contributed by atoms with van der Waals surface area (Å²) in [5.74, 6) is 0.320. The van der Waals surface area contributed by atoms with Gasteiger partial charge in [-0.05, 0) is 12.3 Å². The summed E-state index contributed by atoms with van der Waals surface area (Å²) in [5.41, 5.74) is 0.271. The minimum absolute atomic E-state index is 0.208. The first-order valence-corrected chi connectivity index (χ1v) is 6.80. The summed E-state index contributed by atoms with van der Waals surface area (Å²) in [4.78, 5) is 19.6. The lowest BCUT2D eigenvalue weighted by Crippen LogP contribution is -2.29. The largest absolute Gasteiger partial charge is 0.350 e. The monoisotopic (exact) mass is 269 g/mol. The average Bonchev–Trinajstić information content (AvgIpc) is 2.38. The second kappa shape index (κ2) is 8.03. The molecule has 0 aliphatic rings. The molecule has 1 heterocycles. The molecule has 0 fully saturated rings. The molecule has 0 saturated heterocycles. The van der Waals surface area contributed by atoms with Gasteiger partial charge in [0.15, 0.2) is 0 Å². The molecule has 1 aromatic rings. The van der Waals surface area contributed by atoms with Gasteiger partial charge in [0.05, 0.1) is 12.4 Å². The first-order valence-electron chi connectivity index (χ1n) is 6.43. The highest BCUT2D eigenvalue weighted by Gasteiger charge is 2.11. The maximum Gasteiger partial charge on any atom is 0.271 e. The second-order valence-electron chi connectivity index (χ2n) is 4.35. The minimum Gasteiger partial charge on any atom is -0.350 e. The number of unbranched alkanes of at least 4 members (excludes halogenated alkanes) is 1.